The Labute approximate surface area is 145 Å². The van der Waals surface area contributed by atoms with Gasteiger partial charge in [-0.3, -0.25) is 0 Å². The fourth-order valence-corrected chi connectivity index (χ4v) is 3.19. The lowest BCUT2D eigenvalue weighted by molar-refractivity contribution is 0.577. The van der Waals surface area contributed by atoms with E-state index < -0.39 is 0 Å². The monoisotopic (exact) mass is 361 g/mol. The zero-order chi connectivity index (χ0) is 15.4. The molecule has 0 aromatic heterocycles. The van der Waals surface area contributed by atoms with Crippen LogP contribution in [0.25, 0.3) is 0 Å². The van der Waals surface area contributed by atoms with E-state index in [1.54, 1.807) is 12.1 Å². The highest BCUT2D eigenvalue weighted by Gasteiger charge is 2.10. The predicted molar refractivity (Wildman–Crippen MR) is 93.0 cm³/mol. The molecule has 0 heterocycles. The van der Waals surface area contributed by atoms with E-state index in [9.17, 15) is 0 Å². The summed E-state index contributed by atoms with van der Waals surface area (Å²) in [7, 11) is 0. The molecule has 21 heavy (non-hydrogen) atoms. The van der Waals surface area contributed by atoms with Crippen LogP contribution in [0, 0.1) is 0 Å². The standard InChI is InChI=1S/C16H15Cl4N/c1-10(14-5-4-13(18)9-16(14)20)21-7-6-11-2-3-12(17)8-15(11)19/h2-5,8-10,21H,6-7H2,1H3. The molecule has 0 bridgehead atoms. The third kappa shape index (κ3) is 4.77. The van der Waals surface area contributed by atoms with Crippen molar-refractivity contribution in [1.82, 2.24) is 5.32 Å². The Morgan fingerprint density at radius 1 is 0.905 bits per heavy atom. The van der Waals surface area contributed by atoms with Crippen LogP contribution in [0.3, 0.4) is 0 Å². The highest BCUT2D eigenvalue weighted by molar-refractivity contribution is 6.35. The van der Waals surface area contributed by atoms with Crippen LogP contribution in [0.5, 0.6) is 0 Å². The van der Waals surface area contributed by atoms with E-state index in [4.69, 9.17) is 46.4 Å². The average molecular weight is 363 g/mol. The van der Waals surface area contributed by atoms with Crippen molar-refractivity contribution in [2.24, 2.45) is 0 Å². The van der Waals surface area contributed by atoms with Crippen molar-refractivity contribution in [3.63, 3.8) is 0 Å². The zero-order valence-corrected chi connectivity index (χ0v) is 14.5. The molecule has 1 unspecified atom stereocenters. The zero-order valence-electron chi connectivity index (χ0n) is 11.5. The SMILES string of the molecule is CC(NCCc1ccc(Cl)cc1Cl)c1ccc(Cl)cc1Cl. The minimum atomic E-state index is 0.140. The number of benzene rings is 2. The van der Waals surface area contributed by atoms with Gasteiger partial charge in [0.05, 0.1) is 0 Å². The molecule has 2 rings (SSSR count). The molecule has 1 atom stereocenters. The molecule has 0 fully saturated rings. The second kappa shape index (κ2) is 7.71. The number of hydrogen-bond acceptors (Lipinski definition) is 1. The molecule has 0 aliphatic heterocycles. The van der Waals surface area contributed by atoms with Crippen LogP contribution in [0.1, 0.15) is 24.1 Å². The van der Waals surface area contributed by atoms with Gasteiger partial charge >= 0.3 is 0 Å². The summed E-state index contributed by atoms with van der Waals surface area (Å²) in [5.74, 6) is 0. The molecule has 0 saturated heterocycles. The van der Waals surface area contributed by atoms with E-state index in [1.807, 2.05) is 24.3 Å². The first-order valence-electron chi connectivity index (χ1n) is 6.59. The van der Waals surface area contributed by atoms with E-state index in [0.29, 0.717) is 20.1 Å². The lowest BCUT2D eigenvalue weighted by Crippen LogP contribution is -2.21. The van der Waals surface area contributed by atoms with Crippen molar-refractivity contribution >= 4 is 46.4 Å². The first-order valence-corrected chi connectivity index (χ1v) is 8.11. The van der Waals surface area contributed by atoms with Crippen molar-refractivity contribution in [2.45, 2.75) is 19.4 Å². The molecule has 0 amide bonds. The summed E-state index contributed by atoms with van der Waals surface area (Å²) in [6.07, 6.45) is 0.825. The molecular formula is C16H15Cl4N. The second-order valence-electron chi connectivity index (χ2n) is 4.83. The van der Waals surface area contributed by atoms with Crippen LogP contribution in [0.4, 0.5) is 0 Å². The molecule has 2 aromatic carbocycles. The third-order valence-electron chi connectivity index (χ3n) is 3.29. The highest BCUT2D eigenvalue weighted by Crippen LogP contribution is 2.26. The molecule has 0 saturated carbocycles. The van der Waals surface area contributed by atoms with E-state index in [-0.39, 0.29) is 6.04 Å². The van der Waals surface area contributed by atoms with Crippen LogP contribution in [-0.4, -0.2) is 6.54 Å². The van der Waals surface area contributed by atoms with Gasteiger partial charge in [0.2, 0.25) is 0 Å². The summed E-state index contributed by atoms with van der Waals surface area (Å²) in [6.45, 7) is 2.86. The molecule has 0 radical (unpaired) electrons. The normalized spacial score (nSPS) is 12.4. The molecule has 2 aromatic rings. The third-order valence-corrected chi connectivity index (χ3v) is 4.44. The van der Waals surface area contributed by atoms with Gasteiger partial charge in [0.15, 0.2) is 0 Å². The molecular weight excluding hydrogens is 348 g/mol. The van der Waals surface area contributed by atoms with Crippen LogP contribution in [-0.2, 0) is 6.42 Å². The Kier molecular flexibility index (Phi) is 6.21. The largest absolute Gasteiger partial charge is 0.310 e. The minimum Gasteiger partial charge on any atom is -0.310 e. The second-order valence-corrected chi connectivity index (χ2v) is 6.51. The van der Waals surface area contributed by atoms with Gasteiger partial charge in [0.1, 0.15) is 0 Å². The highest BCUT2D eigenvalue weighted by atomic mass is 35.5. The Morgan fingerprint density at radius 3 is 2.14 bits per heavy atom. The summed E-state index contributed by atoms with van der Waals surface area (Å²) in [5, 5.41) is 6.09. The van der Waals surface area contributed by atoms with E-state index in [0.717, 1.165) is 24.1 Å². The van der Waals surface area contributed by atoms with Gasteiger partial charge in [-0.1, -0.05) is 58.5 Å². The summed E-state index contributed by atoms with van der Waals surface area (Å²) in [5.41, 5.74) is 2.10. The number of halogens is 4. The van der Waals surface area contributed by atoms with Gasteiger partial charge in [0.25, 0.3) is 0 Å². The van der Waals surface area contributed by atoms with E-state index >= 15 is 0 Å². The Bertz CT molecular complexity index is 628. The molecule has 0 aliphatic rings. The maximum absolute atomic E-state index is 6.20. The topological polar surface area (TPSA) is 12.0 Å². The first kappa shape index (κ1) is 16.9. The Balaban J connectivity index is 1.93. The number of rotatable bonds is 5. The average Bonchev–Trinajstić information content (AvgIpc) is 2.41. The summed E-state index contributed by atoms with van der Waals surface area (Å²) in [6, 6.07) is 11.2. The van der Waals surface area contributed by atoms with E-state index in [1.165, 1.54) is 0 Å². The maximum Gasteiger partial charge on any atom is 0.0468 e. The van der Waals surface area contributed by atoms with Crippen LogP contribution in [0.15, 0.2) is 36.4 Å². The quantitative estimate of drug-likeness (QED) is 0.668. The minimum absolute atomic E-state index is 0.140. The molecule has 0 spiro atoms. The van der Waals surface area contributed by atoms with Crippen molar-refractivity contribution < 1.29 is 0 Å². The van der Waals surface area contributed by atoms with Crippen LogP contribution < -0.4 is 5.32 Å². The summed E-state index contributed by atoms with van der Waals surface area (Å²) in [4.78, 5) is 0. The Hall–Kier alpha value is -0.440. The summed E-state index contributed by atoms with van der Waals surface area (Å²) < 4.78 is 0. The van der Waals surface area contributed by atoms with Crippen molar-refractivity contribution in [3.05, 3.63) is 67.6 Å². The van der Waals surface area contributed by atoms with Gasteiger partial charge in [-0.25, -0.2) is 0 Å². The van der Waals surface area contributed by atoms with Gasteiger partial charge < -0.3 is 5.32 Å². The molecule has 1 nitrogen and oxygen atoms in total. The van der Waals surface area contributed by atoms with Gasteiger partial charge in [-0.15, -0.1) is 0 Å². The van der Waals surface area contributed by atoms with Crippen molar-refractivity contribution in [2.75, 3.05) is 6.54 Å². The lowest BCUT2D eigenvalue weighted by Gasteiger charge is -2.16. The van der Waals surface area contributed by atoms with Gasteiger partial charge in [-0.05, 0) is 55.3 Å². The smallest absolute Gasteiger partial charge is 0.0468 e. The van der Waals surface area contributed by atoms with Crippen molar-refractivity contribution in [1.29, 1.82) is 0 Å². The van der Waals surface area contributed by atoms with Gasteiger partial charge in [0, 0.05) is 26.1 Å². The predicted octanol–water partition coefficient (Wildman–Crippen LogP) is 6.19. The fraction of sp³-hybridized carbons (Fsp3) is 0.250. The molecule has 112 valence electrons. The van der Waals surface area contributed by atoms with Gasteiger partial charge in [-0.2, -0.15) is 0 Å². The number of nitrogens with one attached hydrogen (secondary N) is 1. The maximum atomic E-state index is 6.20. The van der Waals surface area contributed by atoms with Crippen LogP contribution >= 0.6 is 46.4 Å². The molecule has 1 N–H and O–H groups in total. The fourth-order valence-electron chi connectivity index (χ4n) is 2.11. The molecule has 5 heteroatoms. The molecule has 0 aliphatic carbocycles. The van der Waals surface area contributed by atoms with Crippen LogP contribution in [0.2, 0.25) is 20.1 Å². The lowest BCUT2D eigenvalue weighted by atomic mass is 10.1. The van der Waals surface area contributed by atoms with E-state index in [2.05, 4.69) is 12.2 Å². The number of hydrogen-bond donors (Lipinski definition) is 1. The van der Waals surface area contributed by atoms with Crippen molar-refractivity contribution in [3.8, 4) is 0 Å². The Morgan fingerprint density at radius 2 is 1.52 bits per heavy atom. The summed E-state index contributed by atoms with van der Waals surface area (Å²) >= 11 is 24.2. The first-order chi connectivity index (χ1) is 9.97.